The Bertz CT molecular complexity index is 1260. The molecule has 35 heavy (non-hydrogen) atoms. The number of aliphatic hydroxyl groups excluding tert-OH is 1. The van der Waals surface area contributed by atoms with Gasteiger partial charge in [0, 0.05) is 41.7 Å². The number of alkyl halides is 1. The number of rotatable bonds is 7. The van der Waals surface area contributed by atoms with Gasteiger partial charge in [-0.25, -0.2) is 23.1 Å². The smallest absolute Gasteiger partial charge is 0.228 e. The summed E-state index contributed by atoms with van der Waals surface area (Å²) in [6, 6.07) is 7.07. The Morgan fingerprint density at radius 3 is 2.40 bits per heavy atom. The zero-order chi connectivity index (χ0) is 24.8. The van der Waals surface area contributed by atoms with Crippen LogP contribution in [-0.4, -0.2) is 44.8 Å². The van der Waals surface area contributed by atoms with Crippen LogP contribution < -0.4 is 11.1 Å². The van der Waals surface area contributed by atoms with Crippen LogP contribution in [0.1, 0.15) is 36.9 Å². The van der Waals surface area contributed by atoms with Crippen LogP contribution in [0.2, 0.25) is 0 Å². The van der Waals surface area contributed by atoms with Gasteiger partial charge in [-0.2, -0.15) is 0 Å². The first-order valence-corrected chi connectivity index (χ1v) is 11.3. The van der Waals surface area contributed by atoms with E-state index in [1.165, 1.54) is 48.9 Å². The molecule has 2 aliphatic carbocycles. The number of hydrogen-bond donors (Lipinski definition) is 3. The lowest BCUT2D eigenvalue weighted by atomic mass is 9.62. The molecule has 3 aromatic rings. The fourth-order valence-corrected chi connectivity index (χ4v) is 5.16. The predicted octanol–water partition coefficient (Wildman–Crippen LogP) is 3.18. The van der Waals surface area contributed by atoms with Crippen LogP contribution in [0.15, 0.2) is 48.9 Å². The monoisotopic (exact) mass is 483 g/mol. The zero-order valence-corrected chi connectivity index (χ0v) is 18.7. The van der Waals surface area contributed by atoms with Gasteiger partial charge in [-0.05, 0) is 55.5 Å². The molecule has 0 aliphatic heterocycles. The average molecular weight is 483 g/mol. The van der Waals surface area contributed by atoms with Crippen molar-refractivity contribution >= 4 is 11.9 Å². The Morgan fingerprint density at radius 2 is 1.80 bits per heavy atom. The number of nitrogens with two attached hydrogens (primary N) is 1. The number of amides is 1. The number of carbonyl (C=O) groups is 1. The van der Waals surface area contributed by atoms with Crippen molar-refractivity contribution in [3.63, 3.8) is 0 Å². The number of nitrogens with zero attached hydrogens (tertiary/aromatic N) is 3. The minimum atomic E-state index is -1.03. The summed E-state index contributed by atoms with van der Waals surface area (Å²) in [5, 5.41) is 12.8. The molecule has 2 aliphatic rings. The molecule has 7 nitrogen and oxygen atoms in total. The van der Waals surface area contributed by atoms with Crippen LogP contribution in [0, 0.1) is 11.6 Å². The highest BCUT2D eigenvalue weighted by atomic mass is 19.1. The molecule has 2 saturated carbocycles. The van der Waals surface area contributed by atoms with Crippen LogP contribution >= 0.6 is 0 Å². The second-order valence-electron chi connectivity index (χ2n) is 9.47. The number of benzene rings is 1. The van der Waals surface area contributed by atoms with Crippen molar-refractivity contribution in [3.8, 4) is 11.1 Å². The number of primary amides is 1. The molecule has 182 valence electrons. The van der Waals surface area contributed by atoms with Gasteiger partial charge in [-0.15, -0.1) is 0 Å². The van der Waals surface area contributed by atoms with Crippen molar-refractivity contribution in [3.05, 3.63) is 71.8 Å². The van der Waals surface area contributed by atoms with Gasteiger partial charge in [0.05, 0.1) is 17.2 Å². The van der Waals surface area contributed by atoms with Crippen molar-refractivity contribution in [2.45, 2.75) is 48.8 Å². The molecule has 2 heterocycles. The number of aromatic nitrogens is 3. The molecule has 10 heteroatoms. The molecular formula is C25H24F3N5O2. The summed E-state index contributed by atoms with van der Waals surface area (Å²) in [5.41, 5.74) is 5.07. The summed E-state index contributed by atoms with van der Waals surface area (Å²) in [4.78, 5) is 24.7. The third-order valence-corrected chi connectivity index (χ3v) is 7.19. The quantitative estimate of drug-likeness (QED) is 0.476. The largest absolute Gasteiger partial charge is 0.393 e. The lowest BCUT2D eigenvalue weighted by Crippen LogP contribution is -2.53. The Morgan fingerprint density at radius 1 is 1.09 bits per heavy atom. The molecule has 4 N–H and O–H groups in total. The van der Waals surface area contributed by atoms with E-state index in [9.17, 15) is 23.1 Å². The molecule has 2 aromatic heterocycles. The topological polar surface area (TPSA) is 114 Å². The van der Waals surface area contributed by atoms with E-state index in [4.69, 9.17) is 5.73 Å². The number of anilines is 1. The van der Waals surface area contributed by atoms with Crippen molar-refractivity contribution < 1.29 is 23.1 Å². The van der Waals surface area contributed by atoms with E-state index < -0.39 is 40.6 Å². The molecule has 0 saturated heterocycles. The second-order valence-corrected chi connectivity index (χ2v) is 9.47. The van der Waals surface area contributed by atoms with Crippen molar-refractivity contribution in [2.75, 3.05) is 11.9 Å². The lowest BCUT2D eigenvalue weighted by molar-refractivity contribution is -0.131. The van der Waals surface area contributed by atoms with Crippen LogP contribution in [0.25, 0.3) is 11.1 Å². The van der Waals surface area contributed by atoms with Gasteiger partial charge in [0.2, 0.25) is 11.9 Å². The maximum absolute atomic E-state index is 14.6. The summed E-state index contributed by atoms with van der Waals surface area (Å²) in [6.07, 6.45) is 3.32. The van der Waals surface area contributed by atoms with Gasteiger partial charge in [0.25, 0.3) is 0 Å². The highest BCUT2D eigenvalue weighted by Crippen LogP contribution is 2.46. The molecule has 1 aromatic carbocycles. The molecule has 0 radical (unpaired) electrons. The summed E-state index contributed by atoms with van der Waals surface area (Å²) in [7, 11) is 0. The Balaban J connectivity index is 1.35. The van der Waals surface area contributed by atoms with Gasteiger partial charge in [0.15, 0.2) is 0 Å². The molecule has 0 unspecified atom stereocenters. The molecular weight excluding hydrogens is 459 g/mol. The first kappa shape index (κ1) is 23.2. The first-order chi connectivity index (χ1) is 16.7. The van der Waals surface area contributed by atoms with E-state index in [2.05, 4.69) is 20.3 Å². The molecule has 1 amide bonds. The van der Waals surface area contributed by atoms with Crippen LogP contribution in [0.4, 0.5) is 19.1 Å². The van der Waals surface area contributed by atoms with Crippen molar-refractivity contribution in [2.24, 2.45) is 5.73 Å². The standard InChI is InChI=1S/C25H24F3N5O2/c26-16-7-24(8-16,21-20(28)2-1-5-30-21)13-33-23-31-11-14(12-32-23)18-6-15(3-4-19(18)27)25(22(29)35)9-17(34)10-25/h1-6,11-12,16-17,34H,7-10,13H2,(H2,29,35)(H,31,32,33). The fourth-order valence-electron chi connectivity index (χ4n) is 5.16. The predicted molar refractivity (Wildman–Crippen MR) is 122 cm³/mol. The fraction of sp³-hybridized carbons (Fsp3) is 0.360. The molecule has 0 atom stereocenters. The summed E-state index contributed by atoms with van der Waals surface area (Å²) in [6.45, 7) is 0.188. The summed E-state index contributed by atoms with van der Waals surface area (Å²) >= 11 is 0. The molecule has 2 fully saturated rings. The highest BCUT2D eigenvalue weighted by Gasteiger charge is 2.50. The van der Waals surface area contributed by atoms with Gasteiger partial charge in [-0.1, -0.05) is 6.07 Å². The van der Waals surface area contributed by atoms with Crippen LogP contribution in [0.3, 0.4) is 0 Å². The minimum absolute atomic E-state index is 0.139. The Hall–Kier alpha value is -3.53. The van der Waals surface area contributed by atoms with Gasteiger partial charge < -0.3 is 16.2 Å². The highest BCUT2D eigenvalue weighted by molar-refractivity contribution is 5.88. The van der Waals surface area contributed by atoms with Crippen molar-refractivity contribution in [1.29, 1.82) is 0 Å². The van der Waals surface area contributed by atoms with Crippen molar-refractivity contribution in [1.82, 2.24) is 15.0 Å². The SMILES string of the molecule is NC(=O)C1(c2ccc(F)c(-c3cnc(NCC4(c5ncccc5F)CC(F)C4)nc3)c2)CC(O)C1. The number of nitrogens with one attached hydrogen (secondary N) is 1. The van der Waals surface area contributed by atoms with Gasteiger partial charge >= 0.3 is 0 Å². The zero-order valence-electron chi connectivity index (χ0n) is 18.7. The maximum atomic E-state index is 14.6. The van der Waals surface area contributed by atoms with E-state index in [-0.39, 0.29) is 49.4 Å². The maximum Gasteiger partial charge on any atom is 0.228 e. The van der Waals surface area contributed by atoms with Crippen LogP contribution in [-0.2, 0) is 15.6 Å². The Labute approximate surface area is 199 Å². The molecule has 0 spiro atoms. The van der Waals surface area contributed by atoms with E-state index in [1.54, 1.807) is 0 Å². The van der Waals surface area contributed by atoms with Gasteiger partial charge in [-0.3, -0.25) is 9.78 Å². The third-order valence-electron chi connectivity index (χ3n) is 7.19. The normalized spacial score (nSPS) is 27.5. The van der Waals surface area contributed by atoms with Gasteiger partial charge in [0.1, 0.15) is 17.8 Å². The third kappa shape index (κ3) is 4.01. The van der Waals surface area contributed by atoms with E-state index >= 15 is 0 Å². The number of carbonyl (C=O) groups excluding carboxylic acids is 1. The average Bonchev–Trinajstić information content (AvgIpc) is 2.80. The van der Waals surface area contributed by atoms with E-state index in [0.29, 0.717) is 11.1 Å². The van der Waals surface area contributed by atoms with E-state index in [1.807, 2.05) is 0 Å². The first-order valence-electron chi connectivity index (χ1n) is 11.3. The summed E-state index contributed by atoms with van der Waals surface area (Å²) in [5.74, 6) is -1.36. The minimum Gasteiger partial charge on any atom is -0.393 e. The second kappa shape index (κ2) is 8.60. The number of aliphatic hydroxyl groups is 1. The number of halogens is 3. The number of pyridine rings is 1. The summed E-state index contributed by atoms with van der Waals surface area (Å²) < 4.78 is 42.7. The molecule has 5 rings (SSSR count). The Kier molecular flexibility index (Phi) is 5.71. The van der Waals surface area contributed by atoms with Crippen LogP contribution in [0.5, 0.6) is 0 Å². The molecule has 0 bridgehead atoms. The lowest BCUT2D eigenvalue weighted by Gasteiger charge is -2.43. The number of hydrogen-bond acceptors (Lipinski definition) is 6. The van der Waals surface area contributed by atoms with E-state index in [0.717, 1.165) is 0 Å².